The second-order valence-corrected chi connectivity index (χ2v) is 5.70. The first-order valence-corrected chi connectivity index (χ1v) is 7.83. The molecule has 1 aliphatic rings. The Labute approximate surface area is 140 Å². The Kier molecular flexibility index (Phi) is 4.74. The molecule has 1 aromatic carbocycles. The molecule has 3 rings (SSSR count). The molecule has 2 aromatic rings. The van der Waals surface area contributed by atoms with E-state index in [0.29, 0.717) is 24.5 Å². The molecule has 124 valence electrons. The Morgan fingerprint density at radius 3 is 2.62 bits per heavy atom. The average molecular weight is 325 g/mol. The van der Waals surface area contributed by atoms with Crippen LogP contribution in [0.1, 0.15) is 16.1 Å². The Morgan fingerprint density at radius 2 is 1.92 bits per heavy atom. The van der Waals surface area contributed by atoms with Crippen LogP contribution >= 0.6 is 0 Å². The zero-order chi connectivity index (χ0) is 16.9. The lowest BCUT2D eigenvalue weighted by atomic mass is 10.1. The summed E-state index contributed by atoms with van der Waals surface area (Å²) in [7, 11) is 0. The van der Waals surface area contributed by atoms with E-state index in [1.807, 2.05) is 25.1 Å². The van der Waals surface area contributed by atoms with Gasteiger partial charge in [-0.25, -0.2) is 4.98 Å². The van der Waals surface area contributed by atoms with Crippen molar-refractivity contribution in [3.05, 3.63) is 59.8 Å². The van der Waals surface area contributed by atoms with Gasteiger partial charge in [0.1, 0.15) is 6.10 Å². The topological polar surface area (TPSA) is 71.5 Å². The zero-order valence-corrected chi connectivity index (χ0v) is 13.4. The zero-order valence-electron chi connectivity index (χ0n) is 13.4. The molecular formula is C18H19N3O3. The minimum Gasteiger partial charge on any atom is -0.471 e. The van der Waals surface area contributed by atoms with E-state index >= 15 is 0 Å². The molecule has 1 aliphatic heterocycles. The fourth-order valence-corrected chi connectivity index (χ4v) is 2.43. The molecule has 6 nitrogen and oxygen atoms in total. The van der Waals surface area contributed by atoms with Gasteiger partial charge in [0.2, 0.25) is 11.8 Å². The Balaban J connectivity index is 1.41. The van der Waals surface area contributed by atoms with Gasteiger partial charge in [-0.3, -0.25) is 9.59 Å². The number of nitrogens with one attached hydrogen (secondary N) is 1. The van der Waals surface area contributed by atoms with Crippen LogP contribution in [0.25, 0.3) is 0 Å². The molecule has 2 heterocycles. The Bertz CT molecular complexity index is 727. The molecule has 1 N–H and O–H groups in total. The molecule has 0 unspecified atom stereocenters. The normalized spacial score (nSPS) is 14.0. The SMILES string of the molecule is Cc1cccc(OC2CN(C(=O)CNC(=O)c3ccccc3)C2)n1. The number of pyridine rings is 1. The van der Waals surface area contributed by atoms with Gasteiger partial charge in [0.05, 0.1) is 19.6 Å². The number of carbonyl (C=O) groups is 2. The number of carbonyl (C=O) groups excluding carboxylic acids is 2. The molecule has 0 spiro atoms. The number of likely N-dealkylation sites (tertiary alicyclic amines) is 1. The van der Waals surface area contributed by atoms with Gasteiger partial charge in [0.25, 0.3) is 5.91 Å². The van der Waals surface area contributed by atoms with Crippen LogP contribution in [0, 0.1) is 6.92 Å². The van der Waals surface area contributed by atoms with Crippen molar-refractivity contribution in [2.75, 3.05) is 19.6 Å². The number of aryl methyl sites for hydroxylation is 1. The van der Waals surface area contributed by atoms with E-state index in [2.05, 4.69) is 10.3 Å². The summed E-state index contributed by atoms with van der Waals surface area (Å²) < 4.78 is 5.71. The van der Waals surface area contributed by atoms with Crippen LogP contribution < -0.4 is 10.1 Å². The average Bonchev–Trinajstić information content (AvgIpc) is 2.56. The van der Waals surface area contributed by atoms with E-state index in [9.17, 15) is 9.59 Å². The van der Waals surface area contributed by atoms with Crippen molar-refractivity contribution in [2.24, 2.45) is 0 Å². The minimum absolute atomic E-state index is 0.0108. The van der Waals surface area contributed by atoms with E-state index in [4.69, 9.17) is 4.74 Å². The van der Waals surface area contributed by atoms with Crippen molar-refractivity contribution in [1.29, 1.82) is 0 Å². The van der Waals surface area contributed by atoms with Gasteiger partial charge in [-0.2, -0.15) is 0 Å². The lowest BCUT2D eigenvalue weighted by molar-refractivity contribution is -0.138. The van der Waals surface area contributed by atoms with Gasteiger partial charge in [0.15, 0.2) is 0 Å². The minimum atomic E-state index is -0.249. The molecule has 0 bridgehead atoms. The summed E-state index contributed by atoms with van der Waals surface area (Å²) in [5.41, 5.74) is 1.43. The third-order valence-corrected chi connectivity index (χ3v) is 3.79. The third kappa shape index (κ3) is 3.90. The van der Waals surface area contributed by atoms with Crippen LogP contribution in [0.3, 0.4) is 0 Å². The van der Waals surface area contributed by atoms with Gasteiger partial charge in [0, 0.05) is 17.3 Å². The molecule has 1 fully saturated rings. The van der Waals surface area contributed by atoms with Crippen molar-refractivity contribution in [2.45, 2.75) is 13.0 Å². The number of ether oxygens (including phenoxy) is 1. The molecule has 0 radical (unpaired) electrons. The Morgan fingerprint density at radius 1 is 1.17 bits per heavy atom. The van der Waals surface area contributed by atoms with Crippen molar-refractivity contribution in [1.82, 2.24) is 15.2 Å². The monoisotopic (exact) mass is 325 g/mol. The Hall–Kier alpha value is -2.89. The quantitative estimate of drug-likeness (QED) is 0.902. The molecular weight excluding hydrogens is 306 g/mol. The number of hydrogen-bond acceptors (Lipinski definition) is 4. The summed E-state index contributed by atoms with van der Waals surface area (Å²) >= 11 is 0. The fraction of sp³-hybridized carbons (Fsp3) is 0.278. The first-order chi connectivity index (χ1) is 11.6. The molecule has 1 aromatic heterocycles. The summed E-state index contributed by atoms with van der Waals surface area (Å²) in [5.74, 6) is 0.210. The van der Waals surface area contributed by atoms with Crippen molar-refractivity contribution >= 4 is 11.8 Å². The van der Waals surface area contributed by atoms with E-state index in [-0.39, 0.29) is 24.5 Å². The number of aromatic nitrogens is 1. The lowest BCUT2D eigenvalue weighted by Crippen LogP contribution is -2.58. The molecule has 0 aliphatic carbocycles. The van der Waals surface area contributed by atoms with E-state index in [0.717, 1.165) is 5.69 Å². The van der Waals surface area contributed by atoms with Gasteiger partial charge in [-0.05, 0) is 25.1 Å². The molecule has 0 saturated carbocycles. The summed E-state index contributed by atoms with van der Waals surface area (Å²) in [6, 6.07) is 14.4. The van der Waals surface area contributed by atoms with Crippen LogP contribution in [0.4, 0.5) is 0 Å². The number of benzene rings is 1. The van der Waals surface area contributed by atoms with Crippen LogP contribution in [-0.4, -0.2) is 47.4 Å². The molecule has 0 atom stereocenters. The van der Waals surface area contributed by atoms with Crippen LogP contribution in [0.2, 0.25) is 0 Å². The molecule has 6 heteroatoms. The van der Waals surface area contributed by atoms with Crippen molar-refractivity contribution < 1.29 is 14.3 Å². The van der Waals surface area contributed by atoms with Gasteiger partial charge in [-0.15, -0.1) is 0 Å². The second kappa shape index (κ2) is 7.12. The van der Waals surface area contributed by atoms with Crippen molar-refractivity contribution in [3.63, 3.8) is 0 Å². The fourth-order valence-electron chi connectivity index (χ4n) is 2.43. The van der Waals surface area contributed by atoms with Gasteiger partial charge >= 0.3 is 0 Å². The largest absolute Gasteiger partial charge is 0.471 e. The van der Waals surface area contributed by atoms with Crippen LogP contribution in [0.5, 0.6) is 5.88 Å². The second-order valence-electron chi connectivity index (χ2n) is 5.70. The van der Waals surface area contributed by atoms with Gasteiger partial charge in [-0.1, -0.05) is 24.3 Å². The van der Waals surface area contributed by atoms with Gasteiger partial charge < -0.3 is 15.0 Å². The molecule has 24 heavy (non-hydrogen) atoms. The summed E-state index contributed by atoms with van der Waals surface area (Å²) in [6.07, 6.45) is -0.0481. The first-order valence-electron chi connectivity index (χ1n) is 7.83. The maximum absolute atomic E-state index is 12.1. The highest BCUT2D eigenvalue weighted by atomic mass is 16.5. The maximum Gasteiger partial charge on any atom is 0.251 e. The number of hydrogen-bond donors (Lipinski definition) is 1. The lowest BCUT2D eigenvalue weighted by Gasteiger charge is -2.38. The smallest absolute Gasteiger partial charge is 0.251 e. The van der Waals surface area contributed by atoms with E-state index in [1.165, 1.54) is 0 Å². The highest BCUT2D eigenvalue weighted by Gasteiger charge is 2.32. The van der Waals surface area contributed by atoms with Crippen molar-refractivity contribution in [3.8, 4) is 5.88 Å². The molecule has 1 saturated heterocycles. The van der Waals surface area contributed by atoms with E-state index < -0.39 is 0 Å². The first kappa shape index (κ1) is 16.0. The summed E-state index contributed by atoms with van der Waals surface area (Å²) in [5, 5.41) is 2.64. The van der Waals surface area contributed by atoms with Crippen LogP contribution in [-0.2, 0) is 4.79 Å². The summed E-state index contributed by atoms with van der Waals surface area (Å²) in [4.78, 5) is 29.9. The predicted molar refractivity (Wildman–Crippen MR) is 88.7 cm³/mol. The number of rotatable bonds is 5. The molecule has 2 amide bonds. The third-order valence-electron chi connectivity index (χ3n) is 3.79. The van der Waals surface area contributed by atoms with Crippen LogP contribution in [0.15, 0.2) is 48.5 Å². The number of nitrogens with zero attached hydrogens (tertiary/aromatic N) is 2. The maximum atomic E-state index is 12.1. The highest BCUT2D eigenvalue weighted by molar-refractivity contribution is 5.96. The summed E-state index contributed by atoms with van der Waals surface area (Å²) in [6.45, 7) is 2.91. The standard InChI is InChI=1S/C18H19N3O3/c1-13-6-5-9-16(20-13)24-15-11-21(12-15)17(22)10-19-18(23)14-7-3-2-4-8-14/h2-9,15H,10-12H2,1H3,(H,19,23). The number of amides is 2. The highest BCUT2D eigenvalue weighted by Crippen LogP contribution is 2.16. The predicted octanol–water partition coefficient (Wildman–Crippen LogP) is 1.41. The van der Waals surface area contributed by atoms with E-state index in [1.54, 1.807) is 35.2 Å².